The molecule has 0 aliphatic carbocycles. The first kappa shape index (κ1) is 16.8. The fraction of sp³-hybridized carbons (Fsp3) is 0.385. The Labute approximate surface area is 127 Å². The van der Waals surface area contributed by atoms with Crippen LogP contribution in [-0.2, 0) is 14.4 Å². The van der Waals surface area contributed by atoms with Gasteiger partial charge in [0.1, 0.15) is 0 Å². The van der Waals surface area contributed by atoms with E-state index in [1.165, 1.54) is 6.21 Å². The summed E-state index contributed by atoms with van der Waals surface area (Å²) in [6, 6.07) is 5.12. The number of methoxy groups -OCH3 is 1. The number of carbonyl (C=O) groups is 1. The number of hydrogen-bond acceptors (Lipinski definition) is 4. The van der Waals surface area contributed by atoms with Crippen LogP contribution in [0.25, 0.3) is 0 Å². The quantitative estimate of drug-likeness (QED) is 0.455. The highest BCUT2D eigenvalue weighted by Gasteiger charge is 2.03. The summed E-state index contributed by atoms with van der Waals surface area (Å²) in [5.74, 6) is -0.247. The van der Waals surface area contributed by atoms with Crippen LogP contribution in [-0.4, -0.2) is 39.0 Å². The highest BCUT2D eigenvalue weighted by molar-refractivity contribution is 6.38. The Morgan fingerprint density at radius 1 is 1.40 bits per heavy atom. The Balaban J connectivity index is 2.30. The molecule has 0 atom stereocenters. The molecule has 20 heavy (non-hydrogen) atoms. The summed E-state index contributed by atoms with van der Waals surface area (Å²) in [4.78, 5) is 16.2. The number of halogens is 2. The fourth-order valence-electron chi connectivity index (χ4n) is 1.32. The second kappa shape index (κ2) is 9.58. The highest BCUT2D eigenvalue weighted by Crippen LogP contribution is 2.22. The summed E-state index contributed by atoms with van der Waals surface area (Å²) in [6.45, 7) is 0.978. The van der Waals surface area contributed by atoms with Crippen molar-refractivity contribution in [1.29, 1.82) is 0 Å². The Bertz CT molecular complexity index is 447. The number of ether oxygens (including phenoxy) is 1. The molecule has 1 amide bonds. The lowest BCUT2D eigenvalue weighted by atomic mass is 10.2. The van der Waals surface area contributed by atoms with Gasteiger partial charge >= 0.3 is 0 Å². The van der Waals surface area contributed by atoms with E-state index in [9.17, 15) is 4.79 Å². The molecule has 5 nitrogen and oxygen atoms in total. The van der Waals surface area contributed by atoms with E-state index >= 15 is 0 Å². The van der Waals surface area contributed by atoms with Crippen LogP contribution >= 0.6 is 23.2 Å². The lowest BCUT2D eigenvalue weighted by Gasteiger charge is -2.04. The van der Waals surface area contributed by atoms with Crippen LogP contribution in [0, 0.1) is 0 Å². The number of hydrogen-bond donors (Lipinski definition) is 1. The molecule has 0 fully saturated rings. The van der Waals surface area contributed by atoms with Gasteiger partial charge in [0.15, 0.2) is 6.61 Å². The minimum Gasteiger partial charge on any atom is -0.386 e. The van der Waals surface area contributed by atoms with E-state index in [0.717, 1.165) is 6.42 Å². The standard InChI is InChI=1S/C13H16Cl2N2O3/c1-19-7-3-6-16-13(18)9-20-17-8-10-11(14)4-2-5-12(10)15/h2,4-5,8H,3,6-7,9H2,1H3,(H,16,18). The third kappa shape index (κ3) is 6.23. The predicted molar refractivity (Wildman–Crippen MR) is 79.5 cm³/mol. The molecule has 1 aromatic rings. The largest absolute Gasteiger partial charge is 0.386 e. The molecule has 0 unspecified atom stereocenters. The van der Waals surface area contributed by atoms with Gasteiger partial charge in [-0.05, 0) is 18.6 Å². The van der Waals surface area contributed by atoms with Gasteiger partial charge < -0.3 is 14.9 Å². The van der Waals surface area contributed by atoms with Crippen molar-refractivity contribution in [2.45, 2.75) is 6.42 Å². The number of oxime groups is 1. The van der Waals surface area contributed by atoms with Crippen molar-refractivity contribution in [3.8, 4) is 0 Å². The van der Waals surface area contributed by atoms with Crippen molar-refractivity contribution in [2.75, 3.05) is 26.9 Å². The van der Waals surface area contributed by atoms with E-state index in [2.05, 4.69) is 10.5 Å². The number of rotatable bonds is 8. The third-order valence-corrected chi connectivity index (χ3v) is 2.96. The minimum atomic E-state index is -0.247. The summed E-state index contributed by atoms with van der Waals surface area (Å²) in [7, 11) is 1.61. The maximum Gasteiger partial charge on any atom is 0.260 e. The van der Waals surface area contributed by atoms with Crippen molar-refractivity contribution in [3.05, 3.63) is 33.8 Å². The van der Waals surface area contributed by atoms with Crippen LogP contribution in [0.5, 0.6) is 0 Å². The molecule has 7 heteroatoms. The van der Waals surface area contributed by atoms with Crippen molar-refractivity contribution < 1.29 is 14.4 Å². The van der Waals surface area contributed by atoms with Gasteiger partial charge in [-0.25, -0.2) is 0 Å². The number of carbonyl (C=O) groups excluding carboxylic acids is 1. The van der Waals surface area contributed by atoms with Crippen molar-refractivity contribution in [2.24, 2.45) is 5.16 Å². The van der Waals surface area contributed by atoms with Gasteiger partial charge in [0, 0.05) is 25.8 Å². The van der Waals surface area contributed by atoms with Crippen LogP contribution < -0.4 is 5.32 Å². The summed E-state index contributed by atoms with van der Waals surface area (Å²) < 4.78 is 4.86. The SMILES string of the molecule is COCCCNC(=O)CON=Cc1c(Cl)cccc1Cl. The molecular formula is C13H16Cl2N2O3. The number of benzene rings is 1. The summed E-state index contributed by atoms with van der Waals surface area (Å²) >= 11 is 11.9. The van der Waals surface area contributed by atoms with Gasteiger partial charge in [0.2, 0.25) is 0 Å². The Hall–Kier alpha value is -1.30. The maximum absolute atomic E-state index is 11.3. The molecule has 1 rings (SSSR count). The van der Waals surface area contributed by atoms with Gasteiger partial charge in [-0.1, -0.05) is 34.4 Å². The van der Waals surface area contributed by atoms with Gasteiger partial charge in [0.05, 0.1) is 16.3 Å². The molecule has 110 valence electrons. The van der Waals surface area contributed by atoms with Crippen LogP contribution in [0.15, 0.2) is 23.4 Å². The predicted octanol–water partition coefficient (Wildman–Crippen LogP) is 2.50. The molecule has 0 radical (unpaired) electrons. The van der Waals surface area contributed by atoms with Crippen LogP contribution in [0.1, 0.15) is 12.0 Å². The van der Waals surface area contributed by atoms with E-state index < -0.39 is 0 Å². The molecule has 0 aromatic heterocycles. The maximum atomic E-state index is 11.3. The van der Waals surface area contributed by atoms with Crippen LogP contribution in [0.3, 0.4) is 0 Å². The zero-order chi connectivity index (χ0) is 14.8. The Morgan fingerprint density at radius 2 is 2.10 bits per heavy atom. The molecule has 0 spiro atoms. The van der Waals surface area contributed by atoms with E-state index in [1.807, 2.05) is 0 Å². The topological polar surface area (TPSA) is 59.9 Å². The second-order valence-corrected chi connectivity index (χ2v) is 4.65. The Kier molecular flexibility index (Phi) is 8.02. The highest BCUT2D eigenvalue weighted by atomic mass is 35.5. The van der Waals surface area contributed by atoms with Gasteiger partial charge in [-0.3, -0.25) is 4.79 Å². The first-order valence-electron chi connectivity index (χ1n) is 6.00. The fourth-order valence-corrected chi connectivity index (χ4v) is 1.81. The lowest BCUT2D eigenvalue weighted by Crippen LogP contribution is -2.28. The molecule has 1 aromatic carbocycles. The number of nitrogens with zero attached hydrogens (tertiary/aromatic N) is 1. The van der Waals surface area contributed by atoms with Crippen molar-refractivity contribution in [3.63, 3.8) is 0 Å². The molecule has 0 saturated heterocycles. The summed E-state index contributed by atoms with van der Waals surface area (Å²) in [6.07, 6.45) is 2.13. The average molecular weight is 319 g/mol. The smallest absolute Gasteiger partial charge is 0.260 e. The zero-order valence-corrected chi connectivity index (χ0v) is 12.6. The van der Waals surface area contributed by atoms with Crippen LogP contribution in [0.2, 0.25) is 10.0 Å². The monoisotopic (exact) mass is 318 g/mol. The molecule has 0 aliphatic rings. The Morgan fingerprint density at radius 3 is 2.75 bits per heavy atom. The summed E-state index contributed by atoms with van der Waals surface area (Å²) in [5, 5.41) is 7.27. The zero-order valence-electron chi connectivity index (χ0n) is 11.1. The van der Waals surface area contributed by atoms with E-state index in [4.69, 9.17) is 32.8 Å². The molecule has 0 heterocycles. The number of amides is 1. The van der Waals surface area contributed by atoms with Crippen molar-refractivity contribution >= 4 is 35.3 Å². The van der Waals surface area contributed by atoms with E-state index in [0.29, 0.717) is 28.8 Å². The third-order valence-electron chi connectivity index (χ3n) is 2.30. The molecule has 0 aliphatic heterocycles. The molecule has 1 N–H and O–H groups in total. The van der Waals surface area contributed by atoms with Gasteiger partial charge in [0.25, 0.3) is 5.91 Å². The average Bonchev–Trinajstić information content (AvgIpc) is 2.42. The molecule has 0 bridgehead atoms. The first-order valence-corrected chi connectivity index (χ1v) is 6.75. The van der Waals surface area contributed by atoms with Gasteiger partial charge in [-0.15, -0.1) is 0 Å². The minimum absolute atomic E-state index is 0.161. The van der Waals surface area contributed by atoms with Crippen LogP contribution in [0.4, 0.5) is 0 Å². The van der Waals surface area contributed by atoms with E-state index in [1.54, 1.807) is 25.3 Å². The van der Waals surface area contributed by atoms with E-state index in [-0.39, 0.29) is 12.5 Å². The second-order valence-electron chi connectivity index (χ2n) is 3.84. The van der Waals surface area contributed by atoms with Crippen molar-refractivity contribution in [1.82, 2.24) is 5.32 Å². The lowest BCUT2D eigenvalue weighted by molar-refractivity contribution is -0.125. The number of nitrogens with one attached hydrogen (secondary N) is 1. The summed E-state index contributed by atoms with van der Waals surface area (Å²) in [5.41, 5.74) is 0.552. The molecular weight excluding hydrogens is 303 g/mol. The van der Waals surface area contributed by atoms with Gasteiger partial charge in [-0.2, -0.15) is 0 Å². The molecule has 0 saturated carbocycles. The first-order chi connectivity index (χ1) is 9.65. The normalized spacial score (nSPS) is 10.8.